The number of aromatic nitrogens is 2. The zero-order valence-electron chi connectivity index (χ0n) is 23.8. The predicted octanol–water partition coefficient (Wildman–Crippen LogP) is 5.27. The molecule has 3 aromatic rings. The molecule has 0 radical (unpaired) electrons. The average molecular weight is 546 g/mol. The van der Waals surface area contributed by atoms with Gasteiger partial charge >= 0.3 is 0 Å². The summed E-state index contributed by atoms with van der Waals surface area (Å²) < 4.78 is 16.4. The highest BCUT2D eigenvalue weighted by Crippen LogP contribution is 2.38. The van der Waals surface area contributed by atoms with Gasteiger partial charge in [-0.25, -0.2) is 4.39 Å². The average Bonchev–Trinajstić information content (AvgIpc) is 3.18. The number of benzene rings is 1. The number of hydrogen-bond donors (Lipinski definition) is 1. The number of pyridine rings is 1. The maximum atomic E-state index is 14.4. The van der Waals surface area contributed by atoms with Crippen molar-refractivity contribution in [2.75, 3.05) is 20.1 Å². The number of carbonyl (C=O) groups is 2. The monoisotopic (exact) mass is 545 g/mol. The lowest BCUT2D eigenvalue weighted by molar-refractivity contribution is -0.137. The van der Waals surface area contributed by atoms with Crippen molar-refractivity contribution >= 4 is 22.7 Å². The van der Waals surface area contributed by atoms with Crippen LogP contribution < -0.4 is 5.32 Å². The van der Waals surface area contributed by atoms with Gasteiger partial charge in [0.25, 0.3) is 5.91 Å². The molecule has 0 spiro atoms. The summed E-state index contributed by atoms with van der Waals surface area (Å²) in [6.45, 7) is 5.43. The third-order valence-electron chi connectivity index (χ3n) is 9.59. The summed E-state index contributed by atoms with van der Waals surface area (Å²) in [4.78, 5) is 35.1. The first-order valence-corrected chi connectivity index (χ1v) is 14.9. The van der Waals surface area contributed by atoms with E-state index in [-0.39, 0.29) is 29.8 Å². The van der Waals surface area contributed by atoms with Crippen molar-refractivity contribution in [1.82, 2.24) is 24.7 Å². The van der Waals surface area contributed by atoms with Crippen molar-refractivity contribution in [3.05, 3.63) is 59.8 Å². The Bertz CT molecular complexity index is 1410. The number of hydrogen-bond acceptors (Lipinski definition) is 4. The van der Waals surface area contributed by atoms with Crippen LogP contribution in [-0.2, 0) is 4.79 Å². The number of halogens is 1. The standard InChI is InChI=1S/C32H40FN5O2/c1-20(2)36(3)31(39)26-17-23(33)8-11-28(26)38-19-27(25-12-14-34-18-29(25)38)21-5-4-15-37(16-13-21)32(40)30-22-6-9-24(35-30)10-7-22/h8,11-12,14,17-22,24,30,35H,4-7,9-10,13,15-16H2,1-3H3. The van der Waals surface area contributed by atoms with Crippen molar-refractivity contribution in [2.45, 2.75) is 82.8 Å². The Labute approximate surface area is 235 Å². The Kier molecular flexibility index (Phi) is 7.38. The van der Waals surface area contributed by atoms with Gasteiger partial charge in [-0.2, -0.15) is 0 Å². The van der Waals surface area contributed by atoms with Gasteiger partial charge in [-0.15, -0.1) is 0 Å². The van der Waals surface area contributed by atoms with Crippen LogP contribution in [0, 0.1) is 11.7 Å². The smallest absolute Gasteiger partial charge is 0.256 e. The van der Waals surface area contributed by atoms with E-state index in [2.05, 4.69) is 21.4 Å². The molecule has 3 aliphatic heterocycles. The largest absolute Gasteiger partial charge is 0.341 e. The van der Waals surface area contributed by atoms with Gasteiger partial charge in [-0.05, 0) is 100 Å². The molecule has 1 aromatic carbocycles. The summed E-state index contributed by atoms with van der Waals surface area (Å²) in [6, 6.07) is 6.92. The zero-order valence-corrected chi connectivity index (χ0v) is 23.8. The van der Waals surface area contributed by atoms with E-state index in [0.29, 0.717) is 23.2 Å². The predicted molar refractivity (Wildman–Crippen MR) is 154 cm³/mol. The first kappa shape index (κ1) is 26.9. The Morgan fingerprint density at radius 2 is 1.88 bits per heavy atom. The highest BCUT2D eigenvalue weighted by Gasteiger charge is 2.41. The summed E-state index contributed by atoms with van der Waals surface area (Å²) in [7, 11) is 1.75. The molecular weight excluding hydrogens is 505 g/mol. The number of likely N-dealkylation sites (tertiary alicyclic amines) is 1. The van der Waals surface area contributed by atoms with Gasteiger partial charge < -0.3 is 19.7 Å². The van der Waals surface area contributed by atoms with Crippen LogP contribution in [0.5, 0.6) is 0 Å². The van der Waals surface area contributed by atoms with Crippen molar-refractivity contribution in [3.63, 3.8) is 0 Å². The van der Waals surface area contributed by atoms with Crippen LogP contribution >= 0.6 is 0 Å². The molecule has 7 nitrogen and oxygen atoms in total. The molecule has 1 N–H and O–H groups in total. The Hall–Kier alpha value is -3.26. The van der Waals surface area contributed by atoms with Crippen molar-refractivity contribution in [2.24, 2.45) is 5.92 Å². The third-order valence-corrected chi connectivity index (χ3v) is 9.59. The molecule has 1 saturated carbocycles. The van der Waals surface area contributed by atoms with Gasteiger partial charge in [-0.1, -0.05) is 0 Å². The second kappa shape index (κ2) is 11.0. The molecule has 4 fully saturated rings. The van der Waals surface area contributed by atoms with E-state index in [0.717, 1.165) is 43.3 Å². The van der Waals surface area contributed by atoms with Gasteiger partial charge in [0.1, 0.15) is 5.82 Å². The van der Waals surface area contributed by atoms with Crippen molar-refractivity contribution in [1.29, 1.82) is 0 Å². The maximum Gasteiger partial charge on any atom is 0.256 e. The second-order valence-electron chi connectivity index (χ2n) is 12.2. The van der Waals surface area contributed by atoms with E-state index in [1.165, 1.54) is 43.4 Å². The fourth-order valence-electron chi connectivity index (χ4n) is 7.05. The Morgan fingerprint density at radius 3 is 2.60 bits per heavy atom. The van der Waals surface area contributed by atoms with E-state index in [4.69, 9.17) is 0 Å². The molecule has 40 heavy (non-hydrogen) atoms. The lowest BCUT2D eigenvalue weighted by Crippen LogP contribution is -2.59. The summed E-state index contributed by atoms with van der Waals surface area (Å²) in [5, 5.41) is 4.72. The highest BCUT2D eigenvalue weighted by molar-refractivity contribution is 5.99. The number of rotatable bonds is 5. The minimum Gasteiger partial charge on any atom is -0.341 e. The minimum absolute atomic E-state index is 0.0158. The molecule has 2 atom stereocenters. The molecule has 2 amide bonds. The molecule has 3 saturated heterocycles. The number of fused-ring (bicyclic) bond motifs is 4. The van der Waals surface area contributed by atoms with Gasteiger partial charge in [0.2, 0.25) is 5.91 Å². The van der Waals surface area contributed by atoms with E-state index in [9.17, 15) is 14.0 Å². The molecule has 2 aromatic heterocycles. The van der Waals surface area contributed by atoms with E-state index in [1.54, 1.807) is 24.2 Å². The lowest BCUT2D eigenvalue weighted by Gasteiger charge is -2.44. The normalized spacial score (nSPS) is 24.9. The molecular formula is C32H40FN5O2. The van der Waals surface area contributed by atoms with Crippen LogP contribution in [0.25, 0.3) is 16.6 Å². The number of amides is 2. The summed E-state index contributed by atoms with van der Waals surface area (Å²) in [5.74, 6) is 0.381. The van der Waals surface area contributed by atoms with Gasteiger partial charge in [0.05, 0.1) is 29.0 Å². The first-order valence-electron chi connectivity index (χ1n) is 14.9. The summed E-state index contributed by atoms with van der Waals surface area (Å²) in [5.41, 5.74) is 3.06. The first-order chi connectivity index (χ1) is 19.3. The van der Waals surface area contributed by atoms with Crippen LogP contribution in [0.1, 0.15) is 80.6 Å². The molecule has 4 aliphatic rings. The van der Waals surface area contributed by atoms with Crippen molar-refractivity contribution < 1.29 is 14.0 Å². The number of nitrogens with zero attached hydrogens (tertiary/aromatic N) is 4. The minimum atomic E-state index is -0.437. The fraction of sp³-hybridized carbons (Fsp3) is 0.531. The van der Waals surface area contributed by atoms with Gasteiger partial charge in [0.15, 0.2) is 0 Å². The molecule has 5 heterocycles. The molecule has 8 heteroatoms. The Morgan fingerprint density at radius 1 is 1.07 bits per heavy atom. The zero-order chi connectivity index (χ0) is 28.0. The molecule has 2 bridgehead atoms. The summed E-state index contributed by atoms with van der Waals surface area (Å²) >= 11 is 0. The molecule has 212 valence electrons. The van der Waals surface area contributed by atoms with Crippen molar-refractivity contribution in [3.8, 4) is 5.69 Å². The SMILES string of the molecule is CC(C)N(C)C(=O)c1cc(F)ccc1-n1cc(C2CCCN(C(=O)C3NC4CCC3CC4)CC2)c2ccncc21. The van der Waals surface area contributed by atoms with Crippen LogP contribution in [0.2, 0.25) is 0 Å². The van der Waals surface area contributed by atoms with Crippen LogP contribution in [-0.4, -0.2) is 69.4 Å². The topological polar surface area (TPSA) is 70.5 Å². The Balaban J connectivity index is 1.29. The van der Waals surface area contributed by atoms with E-state index < -0.39 is 5.82 Å². The molecule has 1 aliphatic carbocycles. The van der Waals surface area contributed by atoms with Gasteiger partial charge in [-0.3, -0.25) is 14.6 Å². The highest BCUT2D eigenvalue weighted by atomic mass is 19.1. The number of nitrogens with one attached hydrogen (secondary N) is 1. The number of carbonyl (C=O) groups excluding carboxylic acids is 2. The molecule has 2 unspecified atom stereocenters. The van der Waals surface area contributed by atoms with Gasteiger partial charge in [0, 0.05) is 50.0 Å². The fourth-order valence-corrected chi connectivity index (χ4v) is 7.05. The summed E-state index contributed by atoms with van der Waals surface area (Å²) in [6.07, 6.45) is 13.3. The maximum absolute atomic E-state index is 14.4. The molecule has 7 rings (SSSR count). The van der Waals surface area contributed by atoms with Crippen LogP contribution in [0.4, 0.5) is 4.39 Å². The second-order valence-corrected chi connectivity index (χ2v) is 12.2. The number of piperidine rings is 2. The third kappa shape index (κ3) is 4.91. The van der Waals surface area contributed by atoms with E-state index >= 15 is 0 Å². The van der Waals surface area contributed by atoms with Crippen LogP contribution in [0.3, 0.4) is 0 Å². The lowest BCUT2D eigenvalue weighted by atomic mass is 9.76. The quantitative estimate of drug-likeness (QED) is 0.474. The van der Waals surface area contributed by atoms with Crippen LogP contribution in [0.15, 0.2) is 42.9 Å². The van der Waals surface area contributed by atoms with E-state index in [1.807, 2.05) is 30.7 Å².